The highest BCUT2D eigenvalue weighted by Crippen LogP contribution is 2.20. The smallest absolute Gasteiger partial charge is 0.230 e. The third-order valence-corrected chi connectivity index (χ3v) is 5.62. The number of hydrogen-bond donors (Lipinski definition) is 1. The lowest BCUT2D eigenvalue weighted by atomic mass is 10.1. The highest BCUT2D eigenvalue weighted by atomic mass is 32.2. The Kier molecular flexibility index (Phi) is 7.24. The monoisotopic (exact) mass is 390 g/mol. The van der Waals surface area contributed by atoms with Gasteiger partial charge in [-0.3, -0.25) is 9.69 Å². The summed E-state index contributed by atoms with van der Waals surface area (Å²) in [6.45, 7) is 3.79. The average Bonchev–Trinajstić information content (AvgIpc) is 2.69. The van der Waals surface area contributed by atoms with Gasteiger partial charge in [-0.2, -0.15) is 0 Å². The SMILES string of the molecule is O=C(CSc1ccc(F)c(F)c1)NCc1ccc(CN2CCCCC2)cc1. The molecule has 1 N–H and O–H groups in total. The summed E-state index contributed by atoms with van der Waals surface area (Å²) in [5.41, 5.74) is 2.34. The van der Waals surface area contributed by atoms with E-state index < -0.39 is 11.6 Å². The molecule has 0 radical (unpaired) electrons. The van der Waals surface area contributed by atoms with Crippen molar-refractivity contribution >= 4 is 17.7 Å². The molecule has 144 valence electrons. The average molecular weight is 390 g/mol. The number of rotatable bonds is 7. The first-order valence-electron chi connectivity index (χ1n) is 9.25. The zero-order valence-electron chi connectivity index (χ0n) is 15.2. The van der Waals surface area contributed by atoms with Crippen molar-refractivity contribution in [2.75, 3.05) is 18.8 Å². The molecule has 0 aliphatic carbocycles. The van der Waals surface area contributed by atoms with Crippen LogP contribution in [0.15, 0.2) is 47.4 Å². The van der Waals surface area contributed by atoms with Crippen LogP contribution in [0.1, 0.15) is 30.4 Å². The highest BCUT2D eigenvalue weighted by molar-refractivity contribution is 8.00. The molecule has 6 heteroatoms. The molecule has 1 fully saturated rings. The van der Waals surface area contributed by atoms with Crippen molar-refractivity contribution in [3.05, 3.63) is 65.2 Å². The van der Waals surface area contributed by atoms with E-state index in [0.717, 1.165) is 24.2 Å². The Hall–Kier alpha value is -1.92. The Morgan fingerprint density at radius 2 is 1.67 bits per heavy atom. The summed E-state index contributed by atoms with van der Waals surface area (Å²) in [5, 5.41) is 2.86. The Morgan fingerprint density at radius 1 is 0.963 bits per heavy atom. The predicted molar refractivity (Wildman–Crippen MR) is 104 cm³/mol. The van der Waals surface area contributed by atoms with E-state index in [9.17, 15) is 13.6 Å². The molecule has 0 saturated carbocycles. The van der Waals surface area contributed by atoms with Crippen molar-refractivity contribution in [1.29, 1.82) is 0 Å². The molecule has 1 aliphatic heterocycles. The zero-order valence-corrected chi connectivity index (χ0v) is 16.0. The molecule has 1 saturated heterocycles. The topological polar surface area (TPSA) is 32.3 Å². The molecule has 3 rings (SSSR count). The molecule has 0 unspecified atom stereocenters. The Bertz CT molecular complexity index is 761. The van der Waals surface area contributed by atoms with Crippen LogP contribution in [0.4, 0.5) is 8.78 Å². The van der Waals surface area contributed by atoms with Gasteiger partial charge in [-0.25, -0.2) is 8.78 Å². The maximum Gasteiger partial charge on any atom is 0.230 e. The number of piperidine rings is 1. The Balaban J connectivity index is 1.41. The molecule has 3 nitrogen and oxygen atoms in total. The largest absolute Gasteiger partial charge is 0.351 e. The maximum absolute atomic E-state index is 13.2. The number of nitrogens with zero attached hydrogens (tertiary/aromatic N) is 1. The van der Waals surface area contributed by atoms with Crippen LogP contribution in [0.5, 0.6) is 0 Å². The van der Waals surface area contributed by atoms with Crippen LogP contribution in [0.2, 0.25) is 0 Å². The van der Waals surface area contributed by atoms with Crippen LogP contribution in [0.3, 0.4) is 0 Å². The lowest BCUT2D eigenvalue weighted by Crippen LogP contribution is -2.29. The number of hydrogen-bond acceptors (Lipinski definition) is 3. The Morgan fingerprint density at radius 3 is 2.37 bits per heavy atom. The number of benzene rings is 2. The lowest BCUT2D eigenvalue weighted by Gasteiger charge is -2.26. The zero-order chi connectivity index (χ0) is 19.1. The van der Waals surface area contributed by atoms with Gasteiger partial charge in [0.1, 0.15) is 0 Å². The summed E-state index contributed by atoms with van der Waals surface area (Å²) in [4.78, 5) is 15.0. The number of nitrogens with one attached hydrogen (secondary N) is 1. The lowest BCUT2D eigenvalue weighted by molar-refractivity contribution is -0.118. The normalized spacial score (nSPS) is 14.9. The molecule has 1 aliphatic rings. The first-order chi connectivity index (χ1) is 13.1. The molecule has 0 aromatic heterocycles. The fraction of sp³-hybridized carbons (Fsp3) is 0.381. The minimum absolute atomic E-state index is 0.137. The van der Waals surface area contributed by atoms with Gasteiger partial charge in [0.05, 0.1) is 5.75 Å². The number of carbonyl (C=O) groups is 1. The molecule has 0 spiro atoms. The molecular weight excluding hydrogens is 366 g/mol. The standard InChI is InChI=1S/C21H24F2N2OS/c22-19-9-8-18(12-20(19)23)27-15-21(26)24-13-16-4-6-17(7-5-16)14-25-10-2-1-3-11-25/h4-9,12H,1-3,10-11,13-15H2,(H,24,26). The van der Waals surface area contributed by atoms with Gasteiger partial charge in [-0.1, -0.05) is 30.7 Å². The first-order valence-corrected chi connectivity index (χ1v) is 10.2. The number of halogens is 2. The van der Waals surface area contributed by atoms with Crippen molar-refractivity contribution < 1.29 is 13.6 Å². The molecule has 0 bridgehead atoms. The van der Waals surface area contributed by atoms with Crippen LogP contribution in [0.25, 0.3) is 0 Å². The molecule has 27 heavy (non-hydrogen) atoms. The molecular formula is C21H24F2N2OS. The second-order valence-electron chi connectivity index (χ2n) is 6.79. The molecule has 1 heterocycles. The van der Waals surface area contributed by atoms with Crippen molar-refractivity contribution in [1.82, 2.24) is 10.2 Å². The third-order valence-electron chi connectivity index (χ3n) is 4.63. The minimum Gasteiger partial charge on any atom is -0.351 e. The fourth-order valence-corrected chi connectivity index (χ4v) is 3.86. The second-order valence-corrected chi connectivity index (χ2v) is 7.84. The quantitative estimate of drug-likeness (QED) is 0.713. The van der Waals surface area contributed by atoms with Crippen molar-refractivity contribution in [3.8, 4) is 0 Å². The number of amides is 1. The first kappa shape index (κ1) is 19.8. The summed E-state index contributed by atoms with van der Waals surface area (Å²) >= 11 is 1.18. The van der Waals surface area contributed by atoms with Gasteiger partial charge in [0, 0.05) is 18.0 Å². The van der Waals surface area contributed by atoms with E-state index in [4.69, 9.17) is 0 Å². The summed E-state index contributed by atoms with van der Waals surface area (Å²) < 4.78 is 26.1. The number of thioether (sulfide) groups is 1. The fourth-order valence-electron chi connectivity index (χ4n) is 3.11. The molecule has 2 aromatic carbocycles. The maximum atomic E-state index is 13.2. The van der Waals surface area contributed by atoms with Gasteiger partial charge < -0.3 is 5.32 Å². The van der Waals surface area contributed by atoms with E-state index in [1.54, 1.807) is 0 Å². The van der Waals surface area contributed by atoms with Crippen molar-refractivity contribution in [2.45, 2.75) is 37.2 Å². The van der Waals surface area contributed by atoms with Crippen LogP contribution in [0, 0.1) is 11.6 Å². The van der Waals surface area contributed by atoms with E-state index in [-0.39, 0.29) is 11.7 Å². The summed E-state index contributed by atoms with van der Waals surface area (Å²) in [5.74, 6) is -1.75. The molecule has 1 amide bonds. The summed E-state index contributed by atoms with van der Waals surface area (Å²) in [6.07, 6.45) is 3.91. The highest BCUT2D eigenvalue weighted by Gasteiger charge is 2.10. The Labute approximate surface area is 163 Å². The van der Waals surface area contributed by atoms with Gasteiger partial charge in [-0.05, 0) is 55.3 Å². The predicted octanol–water partition coefficient (Wildman–Crippen LogP) is 4.36. The van der Waals surface area contributed by atoms with Gasteiger partial charge >= 0.3 is 0 Å². The van der Waals surface area contributed by atoms with Crippen LogP contribution >= 0.6 is 11.8 Å². The third kappa shape index (κ3) is 6.33. The van der Waals surface area contributed by atoms with Gasteiger partial charge in [0.15, 0.2) is 11.6 Å². The van der Waals surface area contributed by atoms with E-state index in [1.165, 1.54) is 55.7 Å². The van der Waals surface area contributed by atoms with E-state index in [0.29, 0.717) is 11.4 Å². The van der Waals surface area contributed by atoms with Crippen molar-refractivity contribution in [3.63, 3.8) is 0 Å². The molecule has 2 aromatic rings. The summed E-state index contributed by atoms with van der Waals surface area (Å²) in [6, 6.07) is 12.0. The molecule has 0 atom stereocenters. The van der Waals surface area contributed by atoms with E-state index in [1.807, 2.05) is 12.1 Å². The van der Waals surface area contributed by atoms with Crippen LogP contribution in [-0.2, 0) is 17.9 Å². The van der Waals surface area contributed by atoms with Gasteiger partial charge in [0.2, 0.25) is 5.91 Å². The number of carbonyl (C=O) groups excluding carboxylic acids is 1. The second kappa shape index (κ2) is 9.85. The van der Waals surface area contributed by atoms with E-state index >= 15 is 0 Å². The number of likely N-dealkylation sites (tertiary alicyclic amines) is 1. The van der Waals surface area contributed by atoms with Gasteiger partial charge in [-0.15, -0.1) is 11.8 Å². The van der Waals surface area contributed by atoms with Crippen LogP contribution < -0.4 is 5.32 Å². The van der Waals surface area contributed by atoms with Gasteiger partial charge in [0.25, 0.3) is 0 Å². The minimum atomic E-state index is -0.898. The van der Waals surface area contributed by atoms with E-state index in [2.05, 4.69) is 22.3 Å². The van der Waals surface area contributed by atoms with Crippen LogP contribution in [-0.4, -0.2) is 29.6 Å². The summed E-state index contributed by atoms with van der Waals surface area (Å²) in [7, 11) is 0. The van der Waals surface area contributed by atoms with Crippen molar-refractivity contribution in [2.24, 2.45) is 0 Å².